The number of amides is 1. The Kier molecular flexibility index (Phi) is 5.79. The molecule has 0 aliphatic carbocycles. The number of oxazole rings is 1. The standard InChI is InChI=1S/C23H22N2O5/c1-28-22(26)19-12-18(21-24-13-20(30-21)17-10-6-3-7-11-17)14-25(19)23(27)29-15-16-8-4-2-5-9-16/h2-11,13,18-19H,12,14-15H2,1H3/t18-,19-/m0/s1. The molecule has 0 bridgehead atoms. The van der Waals surface area contributed by atoms with Gasteiger partial charge in [0.1, 0.15) is 12.6 Å². The third kappa shape index (κ3) is 4.20. The topological polar surface area (TPSA) is 81.9 Å². The van der Waals surface area contributed by atoms with Crippen molar-refractivity contribution in [1.29, 1.82) is 0 Å². The molecule has 0 spiro atoms. The summed E-state index contributed by atoms with van der Waals surface area (Å²) in [6, 6.07) is 18.3. The van der Waals surface area contributed by atoms with Crippen molar-refractivity contribution >= 4 is 12.1 Å². The highest BCUT2D eigenvalue weighted by Gasteiger charge is 2.43. The lowest BCUT2D eigenvalue weighted by molar-refractivity contribution is -0.145. The number of esters is 1. The van der Waals surface area contributed by atoms with E-state index in [2.05, 4.69) is 4.98 Å². The number of nitrogens with zero attached hydrogens (tertiary/aromatic N) is 2. The second kappa shape index (κ2) is 8.82. The molecule has 1 amide bonds. The lowest BCUT2D eigenvalue weighted by Gasteiger charge is -2.21. The van der Waals surface area contributed by atoms with Crippen molar-refractivity contribution in [2.24, 2.45) is 0 Å². The van der Waals surface area contributed by atoms with Crippen molar-refractivity contribution < 1.29 is 23.5 Å². The summed E-state index contributed by atoms with van der Waals surface area (Å²) in [6.45, 7) is 0.397. The molecular formula is C23H22N2O5. The molecule has 7 nitrogen and oxygen atoms in total. The van der Waals surface area contributed by atoms with Crippen LogP contribution in [0.5, 0.6) is 0 Å². The summed E-state index contributed by atoms with van der Waals surface area (Å²) in [5.41, 5.74) is 1.79. The van der Waals surface area contributed by atoms with E-state index in [-0.39, 0.29) is 19.1 Å². The van der Waals surface area contributed by atoms with E-state index in [9.17, 15) is 9.59 Å². The highest BCUT2D eigenvalue weighted by atomic mass is 16.6. The summed E-state index contributed by atoms with van der Waals surface area (Å²) >= 11 is 0. The first kappa shape index (κ1) is 19.7. The van der Waals surface area contributed by atoms with Crippen LogP contribution in [0.25, 0.3) is 11.3 Å². The third-order valence-corrected chi connectivity index (χ3v) is 5.15. The number of carbonyl (C=O) groups is 2. The van der Waals surface area contributed by atoms with Crippen molar-refractivity contribution in [3.63, 3.8) is 0 Å². The van der Waals surface area contributed by atoms with E-state index in [0.29, 0.717) is 18.1 Å². The predicted octanol–water partition coefficient (Wildman–Crippen LogP) is 4.01. The van der Waals surface area contributed by atoms with E-state index in [4.69, 9.17) is 13.9 Å². The van der Waals surface area contributed by atoms with Crippen LogP contribution in [0.2, 0.25) is 0 Å². The van der Waals surface area contributed by atoms with Crippen LogP contribution in [-0.4, -0.2) is 41.6 Å². The smallest absolute Gasteiger partial charge is 0.410 e. The highest BCUT2D eigenvalue weighted by molar-refractivity contribution is 5.82. The van der Waals surface area contributed by atoms with Crippen LogP contribution in [0.4, 0.5) is 4.79 Å². The number of benzene rings is 2. The molecule has 154 valence electrons. The second-order valence-electron chi connectivity index (χ2n) is 7.09. The molecular weight excluding hydrogens is 384 g/mol. The van der Waals surface area contributed by atoms with Gasteiger partial charge in [0.15, 0.2) is 11.7 Å². The summed E-state index contributed by atoms with van der Waals surface area (Å²) in [5.74, 6) is 0.422. The van der Waals surface area contributed by atoms with Gasteiger partial charge in [-0.2, -0.15) is 0 Å². The SMILES string of the molecule is COC(=O)[C@@H]1C[C@H](c2ncc(-c3ccccc3)o2)CN1C(=O)OCc1ccccc1. The summed E-state index contributed by atoms with van der Waals surface area (Å²) in [5, 5.41) is 0. The lowest BCUT2D eigenvalue weighted by Crippen LogP contribution is -2.41. The van der Waals surface area contributed by atoms with Gasteiger partial charge in [-0.05, 0) is 12.0 Å². The molecule has 0 radical (unpaired) electrons. The van der Waals surface area contributed by atoms with E-state index in [1.807, 2.05) is 60.7 Å². The fourth-order valence-electron chi connectivity index (χ4n) is 3.59. The van der Waals surface area contributed by atoms with Crippen molar-refractivity contribution in [3.05, 3.63) is 78.3 Å². The van der Waals surface area contributed by atoms with Crippen molar-refractivity contribution in [2.45, 2.75) is 25.0 Å². The zero-order valence-corrected chi connectivity index (χ0v) is 16.6. The van der Waals surface area contributed by atoms with E-state index in [1.54, 1.807) is 6.20 Å². The van der Waals surface area contributed by atoms with Crippen LogP contribution in [0.3, 0.4) is 0 Å². The molecule has 2 aromatic carbocycles. The molecule has 2 heterocycles. The number of rotatable bonds is 5. The first-order chi connectivity index (χ1) is 14.7. The summed E-state index contributed by atoms with van der Waals surface area (Å²) in [7, 11) is 1.31. The predicted molar refractivity (Wildman–Crippen MR) is 108 cm³/mol. The fraction of sp³-hybridized carbons (Fsp3) is 0.261. The Balaban J connectivity index is 1.48. The quantitative estimate of drug-likeness (QED) is 0.596. The van der Waals surface area contributed by atoms with Gasteiger partial charge in [0, 0.05) is 12.1 Å². The monoisotopic (exact) mass is 406 g/mol. The normalized spacial score (nSPS) is 18.2. The highest BCUT2D eigenvalue weighted by Crippen LogP contribution is 2.34. The first-order valence-corrected chi connectivity index (χ1v) is 9.72. The Hall–Kier alpha value is -3.61. The second-order valence-corrected chi connectivity index (χ2v) is 7.09. The number of hydrogen-bond donors (Lipinski definition) is 0. The van der Waals surface area contributed by atoms with Crippen LogP contribution < -0.4 is 0 Å². The van der Waals surface area contributed by atoms with Crippen LogP contribution in [-0.2, 0) is 20.9 Å². The summed E-state index contributed by atoms with van der Waals surface area (Å²) < 4.78 is 16.3. The van der Waals surface area contributed by atoms with Gasteiger partial charge in [0.2, 0.25) is 0 Å². The van der Waals surface area contributed by atoms with Crippen molar-refractivity contribution in [3.8, 4) is 11.3 Å². The van der Waals surface area contributed by atoms with E-state index in [0.717, 1.165) is 11.1 Å². The Bertz CT molecular complexity index is 1000. The summed E-state index contributed by atoms with van der Waals surface area (Å²) in [4.78, 5) is 30.8. The minimum absolute atomic E-state index is 0.131. The fourth-order valence-corrected chi connectivity index (χ4v) is 3.59. The molecule has 2 atom stereocenters. The number of ether oxygens (including phenoxy) is 2. The largest absolute Gasteiger partial charge is 0.467 e. The van der Waals surface area contributed by atoms with E-state index >= 15 is 0 Å². The molecule has 7 heteroatoms. The van der Waals surface area contributed by atoms with Crippen LogP contribution in [0.1, 0.15) is 23.8 Å². The molecule has 1 fully saturated rings. The maximum absolute atomic E-state index is 12.7. The molecule has 1 aliphatic rings. The Morgan fingerprint density at radius 3 is 2.50 bits per heavy atom. The minimum atomic E-state index is -0.740. The zero-order valence-electron chi connectivity index (χ0n) is 16.6. The van der Waals surface area contributed by atoms with Gasteiger partial charge < -0.3 is 13.9 Å². The first-order valence-electron chi connectivity index (χ1n) is 9.72. The maximum Gasteiger partial charge on any atom is 0.410 e. The van der Waals surface area contributed by atoms with Gasteiger partial charge in [0.25, 0.3) is 0 Å². The van der Waals surface area contributed by atoms with Crippen LogP contribution in [0, 0.1) is 0 Å². The van der Waals surface area contributed by atoms with Crippen molar-refractivity contribution in [2.75, 3.05) is 13.7 Å². The molecule has 3 aromatic rings. The molecule has 1 aliphatic heterocycles. The summed E-state index contributed by atoms with van der Waals surface area (Å²) in [6.07, 6.45) is 1.46. The van der Waals surface area contributed by atoms with E-state index in [1.165, 1.54) is 12.0 Å². The van der Waals surface area contributed by atoms with E-state index < -0.39 is 18.1 Å². The van der Waals surface area contributed by atoms with Crippen molar-refractivity contribution in [1.82, 2.24) is 9.88 Å². The number of likely N-dealkylation sites (tertiary alicyclic amines) is 1. The molecule has 1 saturated heterocycles. The Labute approximate surface area is 174 Å². The van der Waals surface area contributed by atoms with Gasteiger partial charge in [-0.1, -0.05) is 60.7 Å². The number of hydrogen-bond acceptors (Lipinski definition) is 6. The average molecular weight is 406 g/mol. The maximum atomic E-state index is 12.7. The Morgan fingerprint density at radius 1 is 1.10 bits per heavy atom. The lowest BCUT2D eigenvalue weighted by atomic mass is 10.1. The third-order valence-electron chi connectivity index (χ3n) is 5.15. The van der Waals surface area contributed by atoms with Gasteiger partial charge in [-0.25, -0.2) is 14.6 Å². The number of methoxy groups -OCH3 is 1. The zero-order chi connectivity index (χ0) is 20.9. The molecule has 0 saturated carbocycles. The van der Waals surface area contributed by atoms with Gasteiger partial charge in [-0.3, -0.25) is 4.90 Å². The van der Waals surface area contributed by atoms with Gasteiger partial charge in [0.05, 0.1) is 19.2 Å². The average Bonchev–Trinajstić information content (AvgIpc) is 3.46. The van der Waals surface area contributed by atoms with Crippen LogP contribution >= 0.6 is 0 Å². The molecule has 0 N–H and O–H groups in total. The molecule has 30 heavy (non-hydrogen) atoms. The molecule has 0 unspecified atom stereocenters. The Morgan fingerprint density at radius 2 is 1.80 bits per heavy atom. The van der Waals surface area contributed by atoms with Crippen LogP contribution in [0.15, 0.2) is 71.3 Å². The van der Waals surface area contributed by atoms with Gasteiger partial charge >= 0.3 is 12.1 Å². The number of carbonyl (C=O) groups excluding carboxylic acids is 2. The minimum Gasteiger partial charge on any atom is -0.467 e. The van der Waals surface area contributed by atoms with Gasteiger partial charge in [-0.15, -0.1) is 0 Å². The number of aromatic nitrogens is 1. The molecule has 1 aromatic heterocycles. The molecule has 4 rings (SSSR count).